The molecular formula is C15H12BrNO2. The topological polar surface area (TPSA) is 46.3 Å². The summed E-state index contributed by atoms with van der Waals surface area (Å²) in [7, 11) is 0. The van der Waals surface area contributed by atoms with Crippen LogP contribution in [0, 0.1) is 0 Å². The minimum Gasteiger partial charge on any atom is -0.469 e. The Labute approximate surface area is 119 Å². The van der Waals surface area contributed by atoms with Gasteiger partial charge < -0.3 is 9.52 Å². The van der Waals surface area contributed by atoms with Gasteiger partial charge in [-0.15, -0.1) is 0 Å². The van der Waals surface area contributed by atoms with E-state index in [0.29, 0.717) is 12.1 Å². The minimum atomic E-state index is -0.690. The molecule has 0 aliphatic rings. The summed E-state index contributed by atoms with van der Waals surface area (Å²) < 4.78 is 6.06. The van der Waals surface area contributed by atoms with E-state index in [1.807, 2.05) is 42.5 Å². The number of fused-ring (bicyclic) bond motifs is 1. The molecule has 0 fully saturated rings. The molecule has 0 bridgehead atoms. The lowest BCUT2D eigenvalue weighted by molar-refractivity contribution is 0.165. The highest BCUT2D eigenvalue weighted by Crippen LogP contribution is 2.27. The van der Waals surface area contributed by atoms with E-state index in [4.69, 9.17) is 4.42 Å². The highest BCUT2D eigenvalue weighted by atomic mass is 79.9. The van der Waals surface area contributed by atoms with Crippen LogP contribution >= 0.6 is 15.9 Å². The van der Waals surface area contributed by atoms with E-state index < -0.39 is 6.10 Å². The predicted molar refractivity (Wildman–Crippen MR) is 76.8 cm³/mol. The lowest BCUT2D eigenvalue weighted by Gasteiger charge is -2.11. The van der Waals surface area contributed by atoms with E-state index in [1.165, 1.54) is 0 Å². The number of hydrogen-bond acceptors (Lipinski definition) is 3. The fourth-order valence-electron chi connectivity index (χ4n) is 2.05. The van der Waals surface area contributed by atoms with E-state index in [9.17, 15) is 5.11 Å². The van der Waals surface area contributed by atoms with Crippen LogP contribution in [0.2, 0.25) is 0 Å². The first-order chi connectivity index (χ1) is 9.24. The van der Waals surface area contributed by atoms with Gasteiger partial charge in [0.25, 0.3) is 0 Å². The van der Waals surface area contributed by atoms with E-state index in [2.05, 4.69) is 20.9 Å². The van der Waals surface area contributed by atoms with Gasteiger partial charge in [-0.2, -0.15) is 0 Å². The molecular weight excluding hydrogens is 306 g/mol. The number of para-hydroxylation sites is 1. The van der Waals surface area contributed by atoms with Gasteiger partial charge in [0.1, 0.15) is 11.9 Å². The average molecular weight is 318 g/mol. The number of aromatic nitrogens is 1. The van der Waals surface area contributed by atoms with Gasteiger partial charge in [0, 0.05) is 16.3 Å². The van der Waals surface area contributed by atoms with Gasteiger partial charge in [0.15, 0.2) is 0 Å². The Morgan fingerprint density at radius 3 is 2.84 bits per heavy atom. The van der Waals surface area contributed by atoms with Crippen molar-refractivity contribution in [2.24, 2.45) is 0 Å². The molecule has 0 spiro atoms. The van der Waals surface area contributed by atoms with Gasteiger partial charge in [-0.25, -0.2) is 4.98 Å². The molecule has 0 radical (unpaired) electrons. The van der Waals surface area contributed by atoms with E-state index in [-0.39, 0.29) is 0 Å². The first-order valence-electron chi connectivity index (χ1n) is 5.99. The molecule has 3 rings (SSSR count). The number of aliphatic hydroxyl groups is 1. The third-order valence-corrected chi connectivity index (χ3v) is 3.63. The van der Waals surface area contributed by atoms with Crippen molar-refractivity contribution in [1.29, 1.82) is 0 Å². The smallest absolute Gasteiger partial charge is 0.106 e. The number of nitrogens with zero attached hydrogens (tertiary/aromatic N) is 1. The SMILES string of the molecule is OC(Cc1ccco1)c1nc2ccccc2cc1Br. The Hall–Kier alpha value is -1.65. The number of halogens is 1. The number of rotatable bonds is 3. The Kier molecular flexibility index (Phi) is 3.36. The van der Waals surface area contributed by atoms with Crippen molar-refractivity contribution in [3.63, 3.8) is 0 Å². The largest absolute Gasteiger partial charge is 0.469 e. The van der Waals surface area contributed by atoms with Crippen LogP contribution in [-0.4, -0.2) is 10.1 Å². The van der Waals surface area contributed by atoms with Crippen LogP contribution in [0.3, 0.4) is 0 Å². The molecule has 0 aliphatic heterocycles. The summed E-state index contributed by atoms with van der Waals surface area (Å²) in [6.45, 7) is 0. The van der Waals surface area contributed by atoms with Crippen molar-refractivity contribution in [1.82, 2.24) is 4.98 Å². The van der Waals surface area contributed by atoms with Crippen LogP contribution in [0.1, 0.15) is 17.6 Å². The molecule has 96 valence electrons. The quantitative estimate of drug-likeness (QED) is 0.797. The second-order valence-corrected chi connectivity index (χ2v) is 5.20. The monoisotopic (exact) mass is 317 g/mol. The molecule has 2 heterocycles. The number of furan rings is 1. The average Bonchev–Trinajstić information content (AvgIpc) is 2.90. The Bertz CT molecular complexity index is 694. The second kappa shape index (κ2) is 5.15. The summed E-state index contributed by atoms with van der Waals surface area (Å²) >= 11 is 3.47. The van der Waals surface area contributed by atoms with Gasteiger partial charge >= 0.3 is 0 Å². The summed E-state index contributed by atoms with van der Waals surface area (Å²) in [5.74, 6) is 0.745. The fraction of sp³-hybridized carbons (Fsp3) is 0.133. The Morgan fingerprint density at radius 1 is 1.21 bits per heavy atom. The summed E-state index contributed by atoms with van der Waals surface area (Å²) in [5, 5.41) is 11.3. The zero-order chi connectivity index (χ0) is 13.2. The van der Waals surface area contributed by atoms with Crippen LogP contribution in [0.25, 0.3) is 10.9 Å². The molecule has 19 heavy (non-hydrogen) atoms. The first kappa shape index (κ1) is 12.4. The van der Waals surface area contributed by atoms with Gasteiger partial charge in [-0.3, -0.25) is 0 Å². The standard InChI is InChI=1S/C15H12BrNO2/c16-12-8-10-4-1-2-6-13(10)17-15(12)14(18)9-11-5-3-7-19-11/h1-8,14,18H,9H2. The molecule has 0 saturated heterocycles. The summed E-state index contributed by atoms with van der Waals surface area (Å²) in [6, 6.07) is 13.5. The van der Waals surface area contributed by atoms with Gasteiger partial charge in [-0.1, -0.05) is 18.2 Å². The highest BCUT2D eigenvalue weighted by Gasteiger charge is 2.16. The lowest BCUT2D eigenvalue weighted by atomic mass is 10.1. The third kappa shape index (κ3) is 2.55. The number of pyridine rings is 1. The van der Waals surface area contributed by atoms with Crippen LogP contribution in [0.5, 0.6) is 0 Å². The van der Waals surface area contributed by atoms with Gasteiger partial charge in [-0.05, 0) is 40.2 Å². The second-order valence-electron chi connectivity index (χ2n) is 4.35. The maximum absolute atomic E-state index is 10.3. The van der Waals surface area contributed by atoms with E-state index in [1.54, 1.807) is 6.26 Å². The molecule has 0 saturated carbocycles. The molecule has 3 nitrogen and oxygen atoms in total. The van der Waals surface area contributed by atoms with E-state index >= 15 is 0 Å². The van der Waals surface area contributed by atoms with Crippen molar-refractivity contribution in [3.05, 3.63) is 64.7 Å². The maximum Gasteiger partial charge on any atom is 0.106 e. The molecule has 4 heteroatoms. The predicted octanol–water partition coefficient (Wildman–Crippen LogP) is 3.87. The van der Waals surface area contributed by atoms with Crippen LogP contribution < -0.4 is 0 Å². The van der Waals surface area contributed by atoms with E-state index in [0.717, 1.165) is 21.1 Å². The van der Waals surface area contributed by atoms with Crippen molar-refractivity contribution >= 4 is 26.8 Å². The first-order valence-corrected chi connectivity index (χ1v) is 6.79. The van der Waals surface area contributed by atoms with Gasteiger partial charge in [0.05, 0.1) is 17.5 Å². The zero-order valence-electron chi connectivity index (χ0n) is 10.1. The molecule has 0 amide bonds. The van der Waals surface area contributed by atoms with Crippen LogP contribution in [-0.2, 0) is 6.42 Å². The van der Waals surface area contributed by atoms with Gasteiger partial charge in [0.2, 0.25) is 0 Å². The summed E-state index contributed by atoms with van der Waals surface area (Å²) in [5.41, 5.74) is 1.51. The van der Waals surface area contributed by atoms with Crippen molar-refractivity contribution in [2.45, 2.75) is 12.5 Å². The van der Waals surface area contributed by atoms with Crippen molar-refractivity contribution < 1.29 is 9.52 Å². The normalized spacial score (nSPS) is 12.7. The van der Waals surface area contributed by atoms with Crippen LogP contribution in [0.15, 0.2) is 57.6 Å². The lowest BCUT2D eigenvalue weighted by Crippen LogP contribution is -2.05. The summed E-state index contributed by atoms with van der Waals surface area (Å²) in [4.78, 5) is 4.52. The van der Waals surface area contributed by atoms with Crippen LogP contribution in [0.4, 0.5) is 0 Å². The molecule has 1 N–H and O–H groups in total. The Morgan fingerprint density at radius 2 is 2.05 bits per heavy atom. The zero-order valence-corrected chi connectivity index (χ0v) is 11.7. The third-order valence-electron chi connectivity index (χ3n) is 2.99. The fourth-order valence-corrected chi connectivity index (χ4v) is 2.65. The molecule has 2 aromatic heterocycles. The molecule has 1 atom stereocenters. The minimum absolute atomic E-state index is 0.414. The molecule has 3 aromatic rings. The van der Waals surface area contributed by atoms with Crippen molar-refractivity contribution in [3.8, 4) is 0 Å². The number of benzene rings is 1. The highest BCUT2D eigenvalue weighted by molar-refractivity contribution is 9.10. The van der Waals surface area contributed by atoms with Crippen molar-refractivity contribution in [2.75, 3.05) is 0 Å². The molecule has 0 aliphatic carbocycles. The molecule has 1 aromatic carbocycles. The summed E-state index contributed by atoms with van der Waals surface area (Å²) in [6.07, 6.45) is 1.33. The number of aliphatic hydroxyl groups excluding tert-OH is 1. The maximum atomic E-state index is 10.3. The number of hydrogen-bond donors (Lipinski definition) is 1. The molecule has 1 unspecified atom stereocenters. The Balaban J connectivity index is 1.97.